The molecule has 1 N–H and O–H groups in total. The molecule has 116 valence electrons. The van der Waals surface area contributed by atoms with Gasteiger partial charge in [0.2, 0.25) is 11.9 Å². The lowest BCUT2D eigenvalue weighted by molar-refractivity contribution is -0.122. The number of carbonyl (C=O) groups excluding carboxylic acids is 1. The fourth-order valence-electron chi connectivity index (χ4n) is 2.98. The SMILES string of the molecule is O=C(Nc1nc2ccccc2n1Cc1ccccc1)C1CCC1. The molecule has 4 nitrogen and oxygen atoms in total. The summed E-state index contributed by atoms with van der Waals surface area (Å²) in [4.78, 5) is 16.9. The summed E-state index contributed by atoms with van der Waals surface area (Å²) in [7, 11) is 0. The van der Waals surface area contributed by atoms with Gasteiger partial charge in [0.25, 0.3) is 0 Å². The summed E-state index contributed by atoms with van der Waals surface area (Å²) in [6, 6.07) is 18.2. The zero-order chi connectivity index (χ0) is 15.6. The van der Waals surface area contributed by atoms with Gasteiger partial charge in [-0.2, -0.15) is 0 Å². The van der Waals surface area contributed by atoms with Gasteiger partial charge in [0.15, 0.2) is 0 Å². The number of benzene rings is 2. The summed E-state index contributed by atoms with van der Waals surface area (Å²) in [6.45, 7) is 0.696. The fraction of sp³-hybridized carbons (Fsp3) is 0.263. The molecule has 1 aliphatic carbocycles. The van der Waals surface area contributed by atoms with E-state index in [1.165, 1.54) is 5.56 Å². The van der Waals surface area contributed by atoms with Gasteiger partial charge in [-0.1, -0.05) is 48.9 Å². The van der Waals surface area contributed by atoms with Crippen molar-refractivity contribution in [1.82, 2.24) is 9.55 Å². The van der Waals surface area contributed by atoms with E-state index < -0.39 is 0 Å². The van der Waals surface area contributed by atoms with E-state index in [1.54, 1.807) is 0 Å². The Morgan fingerprint density at radius 2 is 1.83 bits per heavy atom. The highest BCUT2D eigenvalue weighted by atomic mass is 16.2. The third kappa shape index (κ3) is 2.72. The topological polar surface area (TPSA) is 46.9 Å². The van der Waals surface area contributed by atoms with Gasteiger partial charge in [-0.25, -0.2) is 4.98 Å². The lowest BCUT2D eigenvalue weighted by Gasteiger charge is -2.24. The summed E-state index contributed by atoms with van der Waals surface area (Å²) in [5.74, 6) is 0.896. The lowest BCUT2D eigenvalue weighted by atomic mass is 9.85. The van der Waals surface area contributed by atoms with Crippen molar-refractivity contribution >= 4 is 22.9 Å². The van der Waals surface area contributed by atoms with Crippen LogP contribution in [0.4, 0.5) is 5.95 Å². The minimum Gasteiger partial charge on any atom is -0.305 e. The maximum Gasteiger partial charge on any atom is 0.229 e. The number of amides is 1. The zero-order valence-corrected chi connectivity index (χ0v) is 12.9. The van der Waals surface area contributed by atoms with Crippen LogP contribution in [0.15, 0.2) is 54.6 Å². The number of para-hydroxylation sites is 2. The summed E-state index contributed by atoms with van der Waals surface area (Å²) < 4.78 is 2.08. The van der Waals surface area contributed by atoms with Crippen LogP contribution in [0, 0.1) is 5.92 Å². The summed E-state index contributed by atoms with van der Waals surface area (Å²) in [5.41, 5.74) is 3.14. The van der Waals surface area contributed by atoms with Crippen molar-refractivity contribution < 1.29 is 4.79 Å². The highest BCUT2D eigenvalue weighted by molar-refractivity contribution is 5.93. The third-order valence-corrected chi connectivity index (χ3v) is 4.55. The second-order valence-electron chi connectivity index (χ2n) is 6.11. The van der Waals surface area contributed by atoms with Crippen LogP contribution < -0.4 is 5.32 Å². The Morgan fingerprint density at radius 1 is 1.09 bits per heavy atom. The number of rotatable bonds is 4. The van der Waals surface area contributed by atoms with Gasteiger partial charge < -0.3 is 4.57 Å². The molecule has 0 spiro atoms. The van der Waals surface area contributed by atoms with E-state index >= 15 is 0 Å². The van der Waals surface area contributed by atoms with Crippen LogP contribution in [0.25, 0.3) is 11.0 Å². The molecule has 4 rings (SSSR count). The van der Waals surface area contributed by atoms with E-state index in [4.69, 9.17) is 0 Å². The van der Waals surface area contributed by atoms with Crippen LogP contribution in [-0.4, -0.2) is 15.5 Å². The van der Waals surface area contributed by atoms with Crippen molar-refractivity contribution in [3.05, 3.63) is 60.2 Å². The molecule has 1 amide bonds. The number of nitrogens with one attached hydrogen (secondary N) is 1. The zero-order valence-electron chi connectivity index (χ0n) is 12.9. The Bertz CT molecular complexity index is 834. The van der Waals surface area contributed by atoms with Crippen LogP contribution in [-0.2, 0) is 11.3 Å². The molecule has 1 fully saturated rings. The molecule has 0 aliphatic heterocycles. The van der Waals surface area contributed by atoms with E-state index in [-0.39, 0.29) is 11.8 Å². The Morgan fingerprint density at radius 3 is 2.57 bits per heavy atom. The molecule has 3 aromatic rings. The number of aromatic nitrogens is 2. The standard InChI is InChI=1S/C19H19N3O/c23-18(15-9-6-10-15)21-19-20-16-11-4-5-12-17(16)22(19)13-14-7-2-1-3-8-14/h1-5,7-8,11-12,15H,6,9-10,13H2,(H,20,21,23). The number of imidazole rings is 1. The molecule has 0 radical (unpaired) electrons. The first-order valence-corrected chi connectivity index (χ1v) is 8.11. The van der Waals surface area contributed by atoms with Crippen molar-refractivity contribution in [3.63, 3.8) is 0 Å². The number of hydrogen-bond donors (Lipinski definition) is 1. The molecule has 1 aromatic heterocycles. The Kier molecular flexibility index (Phi) is 3.58. The van der Waals surface area contributed by atoms with Gasteiger partial charge in [0, 0.05) is 5.92 Å². The van der Waals surface area contributed by atoms with Crippen molar-refractivity contribution in [3.8, 4) is 0 Å². The molecule has 23 heavy (non-hydrogen) atoms. The van der Waals surface area contributed by atoms with Gasteiger partial charge in [0.1, 0.15) is 0 Å². The Balaban J connectivity index is 1.70. The number of carbonyl (C=O) groups is 1. The molecule has 1 heterocycles. The van der Waals surface area contributed by atoms with E-state index in [0.717, 1.165) is 30.3 Å². The van der Waals surface area contributed by atoms with Crippen LogP contribution in [0.5, 0.6) is 0 Å². The summed E-state index contributed by atoms with van der Waals surface area (Å²) in [6.07, 6.45) is 3.13. The number of nitrogens with zero attached hydrogens (tertiary/aromatic N) is 2. The van der Waals surface area contributed by atoms with Crippen molar-refractivity contribution in [1.29, 1.82) is 0 Å². The maximum absolute atomic E-state index is 12.3. The van der Waals surface area contributed by atoms with Gasteiger partial charge in [-0.3, -0.25) is 10.1 Å². The molecule has 0 unspecified atom stereocenters. The predicted octanol–water partition coefficient (Wildman–Crippen LogP) is 3.82. The van der Waals surface area contributed by atoms with Gasteiger partial charge >= 0.3 is 0 Å². The van der Waals surface area contributed by atoms with Gasteiger partial charge in [-0.15, -0.1) is 0 Å². The van der Waals surface area contributed by atoms with E-state index in [0.29, 0.717) is 12.5 Å². The second kappa shape index (κ2) is 5.88. The minimum atomic E-state index is 0.0980. The first kappa shape index (κ1) is 14.0. The monoisotopic (exact) mass is 305 g/mol. The highest BCUT2D eigenvalue weighted by Gasteiger charge is 2.26. The Hall–Kier alpha value is -2.62. The van der Waals surface area contributed by atoms with Gasteiger partial charge in [0.05, 0.1) is 17.6 Å². The van der Waals surface area contributed by atoms with E-state index in [9.17, 15) is 4.79 Å². The Labute approximate surface area is 135 Å². The smallest absolute Gasteiger partial charge is 0.229 e. The molecular weight excluding hydrogens is 286 g/mol. The van der Waals surface area contributed by atoms with Gasteiger partial charge in [-0.05, 0) is 30.5 Å². The minimum absolute atomic E-state index is 0.0980. The first-order chi connectivity index (χ1) is 11.3. The number of anilines is 1. The van der Waals surface area contributed by atoms with Crippen molar-refractivity contribution in [2.24, 2.45) is 5.92 Å². The highest BCUT2D eigenvalue weighted by Crippen LogP contribution is 2.28. The van der Waals surface area contributed by atoms with Crippen LogP contribution in [0.1, 0.15) is 24.8 Å². The summed E-state index contributed by atoms with van der Waals surface area (Å²) in [5, 5.41) is 3.04. The van der Waals surface area contributed by atoms with Crippen LogP contribution in [0.3, 0.4) is 0 Å². The largest absolute Gasteiger partial charge is 0.305 e. The van der Waals surface area contributed by atoms with E-state index in [2.05, 4.69) is 27.0 Å². The molecular formula is C19H19N3O. The molecule has 0 atom stereocenters. The molecule has 0 saturated heterocycles. The van der Waals surface area contributed by atoms with Crippen molar-refractivity contribution in [2.45, 2.75) is 25.8 Å². The third-order valence-electron chi connectivity index (χ3n) is 4.55. The van der Waals surface area contributed by atoms with Crippen molar-refractivity contribution in [2.75, 3.05) is 5.32 Å². The lowest BCUT2D eigenvalue weighted by Crippen LogP contribution is -2.29. The van der Waals surface area contributed by atoms with Crippen LogP contribution in [0.2, 0.25) is 0 Å². The molecule has 2 aromatic carbocycles. The average Bonchev–Trinajstić information content (AvgIpc) is 2.84. The van der Waals surface area contributed by atoms with Crippen LogP contribution >= 0.6 is 0 Å². The fourth-order valence-corrected chi connectivity index (χ4v) is 2.98. The molecule has 1 saturated carbocycles. The predicted molar refractivity (Wildman–Crippen MR) is 91.2 cm³/mol. The van der Waals surface area contributed by atoms with E-state index in [1.807, 2.05) is 42.5 Å². The number of fused-ring (bicyclic) bond motifs is 1. The summed E-state index contributed by atoms with van der Waals surface area (Å²) >= 11 is 0. The molecule has 4 heteroatoms. The normalized spacial score (nSPS) is 14.6. The second-order valence-corrected chi connectivity index (χ2v) is 6.11. The molecule has 0 bridgehead atoms. The quantitative estimate of drug-likeness (QED) is 0.796. The number of hydrogen-bond acceptors (Lipinski definition) is 2. The average molecular weight is 305 g/mol. The maximum atomic E-state index is 12.3. The first-order valence-electron chi connectivity index (χ1n) is 8.11. The molecule has 1 aliphatic rings.